The minimum atomic E-state index is 0.315. The molecule has 1 nitrogen and oxygen atoms in total. The van der Waals surface area contributed by atoms with Gasteiger partial charge in [-0.15, -0.1) is 0 Å². The van der Waals surface area contributed by atoms with E-state index in [0.29, 0.717) is 5.41 Å². The normalized spacial score (nSPS) is 11.6. The highest BCUT2D eigenvalue weighted by Gasteiger charge is 2.12. The van der Waals surface area contributed by atoms with E-state index in [-0.39, 0.29) is 0 Å². The summed E-state index contributed by atoms with van der Waals surface area (Å²) in [6.07, 6.45) is 1.05. The number of para-hydroxylation sites is 1. The van der Waals surface area contributed by atoms with Crippen LogP contribution in [0.3, 0.4) is 0 Å². The largest absolute Gasteiger partial charge is 0.492 e. The van der Waals surface area contributed by atoms with E-state index in [2.05, 4.69) is 58.7 Å². The molecule has 0 saturated carbocycles. The number of hydrogen-bond acceptors (Lipinski definition) is 1. The third-order valence-electron chi connectivity index (χ3n) is 2.29. The maximum atomic E-state index is 5.86. The topological polar surface area (TPSA) is 9.23 Å². The Labute approximate surface area is 115 Å². The van der Waals surface area contributed by atoms with Crippen LogP contribution in [0, 0.1) is 5.41 Å². The quantitative estimate of drug-likeness (QED) is 0.682. The first kappa shape index (κ1) is 14.0. The highest BCUT2D eigenvalue weighted by Crippen LogP contribution is 2.31. The van der Waals surface area contributed by atoms with Crippen LogP contribution in [0.1, 0.15) is 32.8 Å². The number of ether oxygens (including phenoxy) is 1. The van der Waals surface area contributed by atoms with Crippen molar-refractivity contribution in [2.45, 2.75) is 32.5 Å². The maximum absolute atomic E-state index is 5.86. The average Bonchev–Trinajstić information content (AvgIpc) is 2.18. The highest BCUT2D eigenvalue weighted by molar-refractivity contribution is 9.10. The molecule has 0 atom stereocenters. The SMILES string of the molecule is CC(C)(C)CCOc1c(Br)cccc1CBr. The van der Waals surface area contributed by atoms with Crippen molar-refractivity contribution in [1.29, 1.82) is 0 Å². The Hall–Kier alpha value is -0.0200. The van der Waals surface area contributed by atoms with Crippen molar-refractivity contribution in [3.05, 3.63) is 28.2 Å². The molecular weight excluding hydrogens is 332 g/mol. The van der Waals surface area contributed by atoms with Gasteiger partial charge in [0, 0.05) is 10.9 Å². The first-order valence-electron chi connectivity index (χ1n) is 5.40. The Balaban J connectivity index is 2.66. The summed E-state index contributed by atoms with van der Waals surface area (Å²) < 4.78 is 6.88. The second-order valence-corrected chi connectivity index (χ2v) is 6.44. The van der Waals surface area contributed by atoms with E-state index in [1.165, 1.54) is 5.56 Å². The molecule has 0 spiro atoms. The lowest BCUT2D eigenvalue weighted by atomic mass is 9.93. The van der Waals surface area contributed by atoms with E-state index in [0.717, 1.165) is 28.6 Å². The predicted molar refractivity (Wildman–Crippen MR) is 76.3 cm³/mol. The van der Waals surface area contributed by atoms with Crippen molar-refractivity contribution in [1.82, 2.24) is 0 Å². The first-order chi connectivity index (χ1) is 7.44. The van der Waals surface area contributed by atoms with Crippen molar-refractivity contribution in [3.63, 3.8) is 0 Å². The zero-order valence-electron chi connectivity index (χ0n) is 10.0. The van der Waals surface area contributed by atoms with Gasteiger partial charge in [0.05, 0.1) is 11.1 Å². The molecular formula is C13H18Br2O. The van der Waals surface area contributed by atoms with Crippen LogP contribution in [0.25, 0.3) is 0 Å². The lowest BCUT2D eigenvalue weighted by Crippen LogP contribution is -2.11. The zero-order chi connectivity index (χ0) is 12.2. The number of benzene rings is 1. The van der Waals surface area contributed by atoms with Gasteiger partial charge >= 0.3 is 0 Å². The number of hydrogen-bond donors (Lipinski definition) is 0. The fraction of sp³-hybridized carbons (Fsp3) is 0.538. The molecule has 0 aromatic heterocycles. The van der Waals surface area contributed by atoms with E-state index < -0.39 is 0 Å². The summed E-state index contributed by atoms with van der Waals surface area (Å²) in [4.78, 5) is 0. The van der Waals surface area contributed by atoms with Gasteiger partial charge in [0.2, 0.25) is 0 Å². The third-order valence-corrected chi connectivity index (χ3v) is 3.52. The van der Waals surface area contributed by atoms with Gasteiger partial charge in [-0.25, -0.2) is 0 Å². The molecule has 0 unspecified atom stereocenters. The summed E-state index contributed by atoms with van der Waals surface area (Å²) >= 11 is 7.00. The smallest absolute Gasteiger partial charge is 0.137 e. The van der Waals surface area contributed by atoms with Gasteiger partial charge in [-0.2, -0.15) is 0 Å². The Morgan fingerprint density at radius 2 is 1.94 bits per heavy atom. The number of alkyl halides is 1. The molecule has 0 aliphatic carbocycles. The Bertz CT molecular complexity index is 342. The summed E-state index contributed by atoms with van der Waals surface area (Å²) in [5.41, 5.74) is 1.50. The predicted octanol–water partition coefficient (Wildman–Crippen LogP) is 5.16. The fourth-order valence-electron chi connectivity index (χ4n) is 1.28. The Morgan fingerprint density at radius 1 is 1.25 bits per heavy atom. The van der Waals surface area contributed by atoms with Crippen molar-refractivity contribution >= 4 is 31.9 Å². The van der Waals surface area contributed by atoms with Crippen LogP contribution in [-0.2, 0) is 5.33 Å². The maximum Gasteiger partial charge on any atom is 0.137 e. The molecule has 0 fully saturated rings. The van der Waals surface area contributed by atoms with E-state index in [1.807, 2.05) is 12.1 Å². The fourth-order valence-corrected chi connectivity index (χ4v) is 2.24. The van der Waals surface area contributed by atoms with E-state index >= 15 is 0 Å². The number of rotatable bonds is 4. The molecule has 1 aromatic rings. The van der Waals surface area contributed by atoms with Crippen LogP contribution in [0.4, 0.5) is 0 Å². The lowest BCUT2D eigenvalue weighted by Gasteiger charge is -2.19. The van der Waals surface area contributed by atoms with Crippen LogP contribution in [-0.4, -0.2) is 6.61 Å². The van der Waals surface area contributed by atoms with E-state index in [1.54, 1.807) is 0 Å². The molecule has 0 radical (unpaired) electrons. The van der Waals surface area contributed by atoms with Gasteiger partial charge in [0.15, 0.2) is 0 Å². The van der Waals surface area contributed by atoms with Crippen molar-refractivity contribution in [3.8, 4) is 5.75 Å². The molecule has 0 bridgehead atoms. The molecule has 3 heteroatoms. The van der Waals surface area contributed by atoms with Gasteiger partial charge in [-0.05, 0) is 33.8 Å². The molecule has 90 valence electrons. The van der Waals surface area contributed by atoms with Gasteiger partial charge < -0.3 is 4.74 Å². The van der Waals surface area contributed by atoms with Crippen molar-refractivity contribution in [2.75, 3.05) is 6.61 Å². The van der Waals surface area contributed by atoms with Crippen LogP contribution < -0.4 is 4.74 Å². The van der Waals surface area contributed by atoms with Crippen LogP contribution >= 0.6 is 31.9 Å². The number of halogens is 2. The Kier molecular flexibility index (Phi) is 5.32. The summed E-state index contributed by atoms with van der Waals surface area (Å²) in [6.45, 7) is 7.43. The standard InChI is InChI=1S/C13H18Br2O/c1-13(2,3)7-8-16-12-10(9-14)5-4-6-11(12)15/h4-6H,7-9H2,1-3H3. The van der Waals surface area contributed by atoms with E-state index in [4.69, 9.17) is 4.74 Å². The summed E-state index contributed by atoms with van der Waals surface area (Å²) in [5.74, 6) is 0.962. The van der Waals surface area contributed by atoms with Crippen molar-refractivity contribution in [2.24, 2.45) is 5.41 Å². The minimum absolute atomic E-state index is 0.315. The summed E-state index contributed by atoms with van der Waals surface area (Å²) in [7, 11) is 0. The van der Waals surface area contributed by atoms with Gasteiger partial charge in [0.25, 0.3) is 0 Å². The summed E-state index contributed by atoms with van der Waals surface area (Å²) in [5, 5.41) is 0.817. The summed E-state index contributed by atoms with van der Waals surface area (Å²) in [6, 6.07) is 6.11. The van der Waals surface area contributed by atoms with Crippen LogP contribution in [0.5, 0.6) is 5.75 Å². The first-order valence-corrected chi connectivity index (χ1v) is 7.31. The molecule has 1 rings (SSSR count). The van der Waals surface area contributed by atoms with Gasteiger partial charge in [-0.1, -0.05) is 48.8 Å². The molecule has 0 N–H and O–H groups in total. The molecule has 0 aliphatic rings. The molecule has 0 saturated heterocycles. The molecule has 16 heavy (non-hydrogen) atoms. The lowest BCUT2D eigenvalue weighted by molar-refractivity contribution is 0.241. The van der Waals surface area contributed by atoms with Crippen LogP contribution in [0.2, 0.25) is 0 Å². The van der Waals surface area contributed by atoms with Crippen LogP contribution in [0.15, 0.2) is 22.7 Å². The van der Waals surface area contributed by atoms with Gasteiger partial charge in [-0.3, -0.25) is 0 Å². The Morgan fingerprint density at radius 3 is 2.50 bits per heavy atom. The monoisotopic (exact) mass is 348 g/mol. The second kappa shape index (κ2) is 6.06. The van der Waals surface area contributed by atoms with Gasteiger partial charge in [0.1, 0.15) is 5.75 Å². The molecule has 1 aromatic carbocycles. The zero-order valence-corrected chi connectivity index (χ0v) is 13.2. The molecule has 0 aliphatic heterocycles. The minimum Gasteiger partial charge on any atom is -0.492 e. The average molecular weight is 350 g/mol. The third kappa shape index (κ3) is 4.46. The highest BCUT2D eigenvalue weighted by atomic mass is 79.9. The molecule has 0 heterocycles. The molecule has 0 amide bonds. The van der Waals surface area contributed by atoms with Crippen molar-refractivity contribution < 1.29 is 4.74 Å². The van der Waals surface area contributed by atoms with E-state index in [9.17, 15) is 0 Å². The second-order valence-electron chi connectivity index (χ2n) is 5.02.